The van der Waals surface area contributed by atoms with Gasteiger partial charge in [-0.1, -0.05) is 30.3 Å². The van der Waals surface area contributed by atoms with Crippen LogP contribution in [0.2, 0.25) is 0 Å². The molecule has 0 saturated carbocycles. The lowest BCUT2D eigenvalue weighted by Gasteiger charge is -2.23. The first-order chi connectivity index (χ1) is 13.5. The minimum atomic E-state index is -0.196. The maximum absolute atomic E-state index is 13.0. The molecule has 2 aromatic rings. The van der Waals surface area contributed by atoms with Crippen molar-refractivity contribution < 1.29 is 19.0 Å². The van der Waals surface area contributed by atoms with E-state index >= 15 is 0 Å². The number of carbonyl (C=O) groups is 1. The summed E-state index contributed by atoms with van der Waals surface area (Å²) in [6.07, 6.45) is 1.70. The van der Waals surface area contributed by atoms with Crippen LogP contribution in [0.1, 0.15) is 24.1 Å². The van der Waals surface area contributed by atoms with Crippen molar-refractivity contribution in [3.63, 3.8) is 0 Å². The SMILES string of the molecule is COc1ccc(/C=C2\NC(=S)N(C(C)c3ccccc3)C2=O)c(OC)c1OC. The lowest BCUT2D eigenvalue weighted by molar-refractivity contribution is -0.123. The maximum atomic E-state index is 13.0. The zero-order valence-corrected chi connectivity index (χ0v) is 17.0. The number of amides is 1. The third-order valence-corrected chi connectivity index (χ3v) is 4.91. The first kappa shape index (κ1) is 19.7. The Kier molecular flexibility index (Phi) is 5.84. The van der Waals surface area contributed by atoms with Gasteiger partial charge in [-0.2, -0.15) is 0 Å². The van der Waals surface area contributed by atoms with Crippen LogP contribution in [0.4, 0.5) is 0 Å². The van der Waals surface area contributed by atoms with Crippen LogP contribution in [0.15, 0.2) is 48.2 Å². The monoisotopic (exact) mass is 398 g/mol. The van der Waals surface area contributed by atoms with Crippen molar-refractivity contribution in [2.24, 2.45) is 0 Å². The van der Waals surface area contributed by atoms with Crippen LogP contribution in [0, 0.1) is 0 Å². The molecule has 7 heteroatoms. The Balaban J connectivity index is 1.96. The van der Waals surface area contributed by atoms with Crippen LogP contribution in [-0.2, 0) is 4.79 Å². The van der Waals surface area contributed by atoms with Gasteiger partial charge in [0.05, 0.1) is 27.4 Å². The number of ether oxygens (including phenoxy) is 3. The van der Waals surface area contributed by atoms with Crippen LogP contribution in [0.5, 0.6) is 17.2 Å². The molecule has 0 aliphatic carbocycles. The number of hydrogen-bond acceptors (Lipinski definition) is 5. The summed E-state index contributed by atoms with van der Waals surface area (Å²) in [7, 11) is 4.63. The van der Waals surface area contributed by atoms with Gasteiger partial charge >= 0.3 is 0 Å². The summed E-state index contributed by atoms with van der Waals surface area (Å²) < 4.78 is 16.2. The van der Waals surface area contributed by atoms with E-state index in [1.165, 1.54) is 14.2 Å². The summed E-state index contributed by atoms with van der Waals surface area (Å²) in [5.41, 5.74) is 2.05. The van der Waals surface area contributed by atoms with E-state index in [0.717, 1.165) is 5.56 Å². The first-order valence-electron chi connectivity index (χ1n) is 8.72. The van der Waals surface area contributed by atoms with Crippen molar-refractivity contribution in [2.45, 2.75) is 13.0 Å². The minimum Gasteiger partial charge on any atom is -0.493 e. The standard InChI is InChI=1S/C21H22N2O4S/c1-13(14-8-6-5-7-9-14)23-20(24)16(22-21(23)28)12-15-10-11-17(25-2)19(27-4)18(15)26-3/h5-13H,1-4H3,(H,22,28)/b16-12-. The molecule has 1 aliphatic rings. The fraction of sp³-hybridized carbons (Fsp3) is 0.238. The van der Waals surface area contributed by atoms with Gasteiger partial charge in [0.15, 0.2) is 16.6 Å². The van der Waals surface area contributed by atoms with Gasteiger partial charge in [-0.05, 0) is 42.9 Å². The van der Waals surface area contributed by atoms with Gasteiger partial charge in [-0.25, -0.2) is 0 Å². The third-order valence-electron chi connectivity index (χ3n) is 4.61. The summed E-state index contributed by atoms with van der Waals surface area (Å²) in [6, 6.07) is 13.1. The Morgan fingerprint density at radius 1 is 1.00 bits per heavy atom. The number of nitrogens with zero attached hydrogens (tertiary/aromatic N) is 1. The molecule has 1 amide bonds. The highest BCUT2D eigenvalue weighted by atomic mass is 32.1. The summed E-state index contributed by atoms with van der Waals surface area (Å²) in [5, 5.41) is 3.38. The van der Waals surface area contributed by atoms with Crippen LogP contribution < -0.4 is 19.5 Å². The topological polar surface area (TPSA) is 60.0 Å². The Morgan fingerprint density at radius 2 is 1.68 bits per heavy atom. The summed E-state index contributed by atoms with van der Waals surface area (Å²) in [6.45, 7) is 1.95. The Hall–Kier alpha value is -3.06. The predicted molar refractivity (Wildman–Crippen MR) is 112 cm³/mol. The maximum Gasteiger partial charge on any atom is 0.277 e. The van der Waals surface area contributed by atoms with Crippen LogP contribution in [0.25, 0.3) is 6.08 Å². The summed E-state index contributed by atoms with van der Waals surface area (Å²) in [5.74, 6) is 1.28. The molecule has 0 spiro atoms. The van der Waals surface area contributed by atoms with Crippen molar-refractivity contribution in [3.8, 4) is 17.2 Å². The Bertz CT molecular complexity index is 928. The molecule has 1 atom stereocenters. The molecule has 1 aliphatic heterocycles. The van der Waals surface area contributed by atoms with Crippen molar-refractivity contribution >= 4 is 29.3 Å². The molecular formula is C21H22N2O4S. The van der Waals surface area contributed by atoms with Crippen LogP contribution in [-0.4, -0.2) is 37.2 Å². The van der Waals surface area contributed by atoms with Gasteiger partial charge in [-0.15, -0.1) is 0 Å². The van der Waals surface area contributed by atoms with E-state index in [1.807, 2.05) is 37.3 Å². The highest BCUT2D eigenvalue weighted by Crippen LogP contribution is 2.40. The molecule has 146 valence electrons. The second-order valence-corrected chi connectivity index (χ2v) is 6.56. The molecule has 28 heavy (non-hydrogen) atoms. The number of rotatable bonds is 6. The molecule has 0 radical (unpaired) electrons. The molecule has 0 aromatic heterocycles. The van der Waals surface area contributed by atoms with Crippen LogP contribution >= 0.6 is 12.2 Å². The van der Waals surface area contributed by atoms with Gasteiger partial charge in [0.2, 0.25) is 5.75 Å². The quantitative estimate of drug-likeness (QED) is 0.593. The largest absolute Gasteiger partial charge is 0.493 e. The summed E-state index contributed by atoms with van der Waals surface area (Å²) in [4.78, 5) is 14.6. The third kappa shape index (κ3) is 3.53. The fourth-order valence-electron chi connectivity index (χ4n) is 3.17. The molecule has 6 nitrogen and oxygen atoms in total. The number of benzene rings is 2. The van der Waals surface area contributed by atoms with E-state index < -0.39 is 0 Å². The smallest absolute Gasteiger partial charge is 0.277 e. The van der Waals surface area contributed by atoms with Crippen LogP contribution in [0.3, 0.4) is 0 Å². The molecular weight excluding hydrogens is 376 g/mol. The van der Waals surface area contributed by atoms with E-state index in [4.69, 9.17) is 26.4 Å². The molecule has 0 bridgehead atoms. The first-order valence-corrected chi connectivity index (χ1v) is 9.12. The highest BCUT2D eigenvalue weighted by molar-refractivity contribution is 7.80. The van der Waals surface area contributed by atoms with Gasteiger partial charge in [0, 0.05) is 5.56 Å². The highest BCUT2D eigenvalue weighted by Gasteiger charge is 2.35. The fourth-order valence-corrected chi connectivity index (χ4v) is 3.53. The lowest BCUT2D eigenvalue weighted by atomic mass is 10.1. The van der Waals surface area contributed by atoms with Crippen molar-refractivity contribution in [1.29, 1.82) is 0 Å². The predicted octanol–water partition coefficient (Wildman–Crippen LogP) is 3.53. The number of carbonyl (C=O) groups excluding carboxylic acids is 1. The van der Waals surface area contributed by atoms with E-state index in [1.54, 1.807) is 30.2 Å². The molecule has 1 heterocycles. The van der Waals surface area contributed by atoms with Crippen molar-refractivity contribution in [1.82, 2.24) is 10.2 Å². The Morgan fingerprint density at radius 3 is 2.29 bits per heavy atom. The van der Waals surface area contributed by atoms with E-state index in [9.17, 15) is 4.79 Å². The van der Waals surface area contributed by atoms with E-state index in [0.29, 0.717) is 33.6 Å². The zero-order valence-electron chi connectivity index (χ0n) is 16.2. The molecule has 3 rings (SSSR count). The van der Waals surface area contributed by atoms with Gasteiger partial charge in [0.1, 0.15) is 5.70 Å². The van der Waals surface area contributed by atoms with Crippen molar-refractivity contribution in [3.05, 3.63) is 59.3 Å². The number of methoxy groups -OCH3 is 3. The molecule has 1 unspecified atom stereocenters. The van der Waals surface area contributed by atoms with E-state index in [-0.39, 0.29) is 11.9 Å². The Labute approximate surface area is 169 Å². The molecule has 2 aromatic carbocycles. The number of nitrogens with one attached hydrogen (secondary N) is 1. The molecule has 1 saturated heterocycles. The number of thiocarbonyl (C=S) groups is 1. The number of hydrogen-bond donors (Lipinski definition) is 1. The van der Waals surface area contributed by atoms with Gasteiger partial charge in [-0.3, -0.25) is 9.69 Å². The lowest BCUT2D eigenvalue weighted by Crippen LogP contribution is -2.33. The van der Waals surface area contributed by atoms with E-state index in [2.05, 4.69) is 5.32 Å². The molecule has 1 N–H and O–H groups in total. The average Bonchev–Trinajstić information content (AvgIpc) is 3.00. The normalized spacial score (nSPS) is 16.1. The van der Waals surface area contributed by atoms with Gasteiger partial charge in [0.25, 0.3) is 5.91 Å². The average molecular weight is 398 g/mol. The van der Waals surface area contributed by atoms with Crippen molar-refractivity contribution in [2.75, 3.05) is 21.3 Å². The second kappa shape index (κ2) is 8.31. The zero-order chi connectivity index (χ0) is 20.3. The molecule has 1 fully saturated rings. The minimum absolute atomic E-state index is 0.188. The summed E-state index contributed by atoms with van der Waals surface area (Å²) >= 11 is 5.41. The van der Waals surface area contributed by atoms with Gasteiger partial charge < -0.3 is 19.5 Å². The second-order valence-electron chi connectivity index (χ2n) is 6.17.